The number of esters is 1. The maximum absolute atomic E-state index is 12.1. The molecule has 0 aromatic rings. The molecule has 112 valence electrons. The van der Waals surface area contributed by atoms with Crippen molar-refractivity contribution in [2.24, 2.45) is 0 Å². The molecule has 0 spiro atoms. The van der Waals surface area contributed by atoms with Gasteiger partial charge in [-0.25, -0.2) is 0 Å². The van der Waals surface area contributed by atoms with E-state index in [1.54, 1.807) is 7.11 Å². The second-order valence-corrected chi connectivity index (χ2v) is 5.97. The van der Waals surface area contributed by atoms with Gasteiger partial charge in [-0.15, -0.1) is 0 Å². The van der Waals surface area contributed by atoms with E-state index in [1.807, 2.05) is 20.8 Å². The van der Waals surface area contributed by atoms with Crippen LogP contribution < -0.4 is 5.32 Å². The van der Waals surface area contributed by atoms with Gasteiger partial charge in [-0.1, -0.05) is 19.3 Å². The first-order chi connectivity index (χ1) is 8.98. The lowest BCUT2D eigenvalue weighted by atomic mass is 9.92. The molecule has 0 saturated heterocycles. The summed E-state index contributed by atoms with van der Waals surface area (Å²) in [5.41, 5.74) is -0.320. The first kappa shape index (κ1) is 16.4. The zero-order valence-electron chi connectivity index (χ0n) is 12.8. The van der Waals surface area contributed by atoms with Crippen molar-refractivity contribution in [1.82, 2.24) is 5.32 Å². The number of methoxy groups -OCH3 is 1. The first-order valence-electron chi connectivity index (χ1n) is 7.46. The van der Waals surface area contributed by atoms with E-state index in [9.17, 15) is 4.79 Å². The van der Waals surface area contributed by atoms with Gasteiger partial charge < -0.3 is 14.8 Å². The van der Waals surface area contributed by atoms with Crippen LogP contribution in [0.15, 0.2) is 0 Å². The zero-order valence-corrected chi connectivity index (χ0v) is 12.8. The average Bonchev–Trinajstić information content (AvgIpc) is 2.39. The van der Waals surface area contributed by atoms with Crippen LogP contribution in [0, 0.1) is 0 Å². The van der Waals surface area contributed by atoms with Crippen molar-refractivity contribution >= 4 is 5.97 Å². The Balaban J connectivity index is 2.59. The monoisotopic (exact) mass is 271 g/mol. The van der Waals surface area contributed by atoms with Crippen LogP contribution >= 0.6 is 0 Å². The van der Waals surface area contributed by atoms with E-state index in [2.05, 4.69) is 5.32 Å². The van der Waals surface area contributed by atoms with Crippen LogP contribution in [0.2, 0.25) is 0 Å². The van der Waals surface area contributed by atoms with Gasteiger partial charge in [0.1, 0.15) is 6.04 Å². The zero-order chi connectivity index (χ0) is 14.3. The fourth-order valence-electron chi connectivity index (χ4n) is 2.58. The van der Waals surface area contributed by atoms with Gasteiger partial charge in [0, 0.05) is 19.6 Å². The van der Waals surface area contributed by atoms with Crippen molar-refractivity contribution in [1.29, 1.82) is 0 Å². The molecule has 1 aliphatic rings. The molecule has 0 radical (unpaired) electrons. The maximum atomic E-state index is 12.1. The Kier molecular flexibility index (Phi) is 6.80. The fourth-order valence-corrected chi connectivity index (χ4v) is 2.58. The Bertz CT molecular complexity index is 273. The van der Waals surface area contributed by atoms with Crippen molar-refractivity contribution in [2.75, 3.05) is 13.7 Å². The molecule has 1 aliphatic carbocycles. The van der Waals surface area contributed by atoms with Gasteiger partial charge in [0.05, 0.1) is 12.2 Å². The van der Waals surface area contributed by atoms with Crippen molar-refractivity contribution in [3.05, 3.63) is 0 Å². The summed E-state index contributed by atoms with van der Waals surface area (Å²) in [6.45, 7) is 6.27. The topological polar surface area (TPSA) is 47.6 Å². The largest absolute Gasteiger partial charge is 0.465 e. The molecule has 1 atom stereocenters. The van der Waals surface area contributed by atoms with Gasteiger partial charge >= 0.3 is 5.97 Å². The standard InChI is InChI=1S/C15H29NO3/c1-5-19-14(17)13(11-15(2,3)18-4)16-12-9-7-6-8-10-12/h12-13,16H,5-11H2,1-4H3. The second kappa shape index (κ2) is 7.85. The molecule has 0 heterocycles. The number of hydrogen-bond donors (Lipinski definition) is 1. The minimum absolute atomic E-state index is 0.154. The molecular formula is C15H29NO3. The van der Waals surface area contributed by atoms with E-state index in [0.29, 0.717) is 19.1 Å². The number of rotatable bonds is 7. The van der Waals surface area contributed by atoms with Crippen LogP contribution in [0.4, 0.5) is 0 Å². The van der Waals surface area contributed by atoms with Crippen molar-refractivity contribution < 1.29 is 14.3 Å². The fraction of sp³-hybridized carbons (Fsp3) is 0.933. The number of carbonyl (C=O) groups is 1. The van der Waals surface area contributed by atoms with Gasteiger partial charge in [-0.3, -0.25) is 4.79 Å². The lowest BCUT2D eigenvalue weighted by molar-refractivity contribution is -0.148. The van der Waals surface area contributed by atoms with Crippen LogP contribution in [-0.4, -0.2) is 37.4 Å². The summed E-state index contributed by atoms with van der Waals surface area (Å²) in [6, 6.07) is 0.175. The van der Waals surface area contributed by atoms with Crippen LogP contribution in [0.5, 0.6) is 0 Å². The Labute approximate surface area is 117 Å². The molecule has 0 bridgehead atoms. The predicted octanol–water partition coefficient (Wildman–Crippen LogP) is 2.66. The molecule has 4 nitrogen and oxygen atoms in total. The normalized spacial score (nSPS) is 19.2. The van der Waals surface area contributed by atoms with E-state index < -0.39 is 0 Å². The summed E-state index contributed by atoms with van der Waals surface area (Å²) < 4.78 is 10.6. The van der Waals surface area contributed by atoms with Crippen molar-refractivity contribution in [3.8, 4) is 0 Å². The number of nitrogens with one attached hydrogen (secondary N) is 1. The SMILES string of the molecule is CCOC(=O)C(CC(C)(C)OC)NC1CCCCC1. The number of hydrogen-bond acceptors (Lipinski definition) is 4. The van der Waals surface area contributed by atoms with Gasteiger partial charge in [-0.05, 0) is 33.6 Å². The summed E-state index contributed by atoms with van der Waals surface area (Å²) in [5.74, 6) is -0.154. The van der Waals surface area contributed by atoms with E-state index in [4.69, 9.17) is 9.47 Å². The van der Waals surface area contributed by atoms with Crippen molar-refractivity contribution in [2.45, 2.75) is 77.0 Å². The molecule has 1 rings (SSSR count). The molecular weight excluding hydrogens is 242 g/mol. The Morgan fingerprint density at radius 3 is 2.47 bits per heavy atom. The van der Waals surface area contributed by atoms with Gasteiger partial charge in [-0.2, -0.15) is 0 Å². The highest BCUT2D eigenvalue weighted by atomic mass is 16.5. The smallest absolute Gasteiger partial charge is 0.323 e. The molecule has 1 N–H and O–H groups in total. The molecule has 1 saturated carbocycles. The van der Waals surface area contributed by atoms with E-state index in [1.165, 1.54) is 19.3 Å². The quantitative estimate of drug-likeness (QED) is 0.723. The van der Waals surface area contributed by atoms with Crippen LogP contribution in [0.1, 0.15) is 59.3 Å². The van der Waals surface area contributed by atoms with Gasteiger partial charge in [0.2, 0.25) is 0 Å². The van der Waals surface area contributed by atoms with Crippen molar-refractivity contribution in [3.63, 3.8) is 0 Å². The summed E-state index contributed by atoms with van der Waals surface area (Å²) in [4.78, 5) is 12.1. The molecule has 1 unspecified atom stereocenters. The third-order valence-corrected chi connectivity index (χ3v) is 3.86. The summed E-state index contributed by atoms with van der Waals surface area (Å²) in [6.07, 6.45) is 6.76. The first-order valence-corrected chi connectivity index (χ1v) is 7.46. The highest BCUT2D eigenvalue weighted by molar-refractivity contribution is 5.76. The van der Waals surface area contributed by atoms with Gasteiger partial charge in [0.25, 0.3) is 0 Å². The maximum Gasteiger partial charge on any atom is 0.323 e. The Morgan fingerprint density at radius 1 is 1.32 bits per heavy atom. The lowest BCUT2D eigenvalue weighted by Gasteiger charge is -2.32. The molecule has 0 aliphatic heterocycles. The summed E-state index contributed by atoms with van der Waals surface area (Å²) >= 11 is 0. The Hall–Kier alpha value is -0.610. The summed E-state index contributed by atoms with van der Waals surface area (Å²) in [7, 11) is 1.68. The molecule has 0 aromatic carbocycles. The van der Waals surface area contributed by atoms with Crippen LogP contribution in [-0.2, 0) is 14.3 Å². The van der Waals surface area contributed by atoms with E-state index in [-0.39, 0.29) is 17.6 Å². The third kappa shape index (κ3) is 5.91. The van der Waals surface area contributed by atoms with E-state index >= 15 is 0 Å². The molecule has 19 heavy (non-hydrogen) atoms. The highest BCUT2D eigenvalue weighted by Gasteiger charge is 2.30. The average molecular weight is 271 g/mol. The summed E-state index contributed by atoms with van der Waals surface area (Å²) in [5, 5.41) is 3.48. The van der Waals surface area contributed by atoms with Crippen LogP contribution in [0.3, 0.4) is 0 Å². The molecule has 1 fully saturated rings. The minimum atomic E-state index is -0.320. The predicted molar refractivity (Wildman–Crippen MR) is 76.1 cm³/mol. The van der Waals surface area contributed by atoms with Crippen LogP contribution in [0.25, 0.3) is 0 Å². The lowest BCUT2D eigenvalue weighted by Crippen LogP contribution is -2.48. The van der Waals surface area contributed by atoms with E-state index in [0.717, 1.165) is 12.8 Å². The molecule has 0 amide bonds. The Morgan fingerprint density at radius 2 is 1.95 bits per heavy atom. The van der Waals surface area contributed by atoms with Gasteiger partial charge in [0.15, 0.2) is 0 Å². The highest BCUT2D eigenvalue weighted by Crippen LogP contribution is 2.21. The molecule has 0 aromatic heterocycles. The minimum Gasteiger partial charge on any atom is -0.465 e. The number of carbonyl (C=O) groups excluding carboxylic acids is 1. The molecule has 4 heteroatoms. The third-order valence-electron chi connectivity index (χ3n) is 3.86. The number of ether oxygens (including phenoxy) is 2. The second-order valence-electron chi connectivity index (χ2n) is 5.97.